The van der Waals surface area contributed by atoms with E-state index in [0.29, 0.717) is 11.6 Å². The second-order valence-corrected chi connectivity index (χ2v) is 12.1. The lowest BCUT2D eigenvalue weighted by Gasteiger charge is -2.13. The molecule has 48 heavy (non-hydrogen) atoms. The Morgan fingerprint density at radius 1 is 0.271 bits per heavy atom. The lowest BCUT2D eigenvalue weighted by molar-refractivity contribution is 1.07. The highest BCUT2D eigenvalue weighted by Gasteiger charge is 2.14. The smallest absolute Gasteiger partial charge is 0.163 e. The molecule has 9 rings (SSSR count). The van der Waals surface area contributed by atoms with E-state index in [1.54, 1.807) is 6.33 Å². The van der Waals surface area contributed by atoms with Crippen LogP contribution in [-0.2, 0) is 0 Å². The number of rotatable bonds is 5. The Kier molecular flexibility index (Phi) is 6.80. The zero-order valence-corrected chi connectivity index (χ0v) is 26.1. The van der Waals surface area contributed by atoms with Crippen LogP contribution in [0.2, 0.25) is 0 Å². The van der Waals surface area contributed by atoms with Gasteiger partial charge in [-0.1, -0.05) is 152 Å². The minimum atomic E-state index is 0.648. The molecule has 0 aliphatic heterocycles. The summed E-state index contributed by atoms with van der Waals surface area (Å²) in [5.74, 6) is 1.30. The molecule has 0 N–H and O–H groups in total. The predicted octanol–water partition coefficient (Wildman–Crippen LogP) is 11.7. The van der Waals surface area contributed by atoms with Gasteiger partial charge >= 0.3 is 0 Å². The summed E-state index contributed by atoms with van der Waals surface area (Å²) in [6.45, 7) is 0. The number of hydrogen-bond acceptors (Lipinski definition) is 3. The third kappa shape index (κ3) is 4.90. The molecule has 0 unspecified atom stereocenters. The van der Waals surface area contributed by atoms with Gasteiger partial charge in [0.05, 0.1) is 0 Å². The van der Waals surface area contributed by atoms with Gasteiger partial charge in [0.15, 0.2) is 11.6 Å². The first-order chi connectivity index (χ1) is 23.8. The van der Waals surface area contributed by atoms with Crippen molar-refractivity contribution in [2.24, 2.45) is 0 Å². The first-order valence-corrected chi connectivity index (χ1v) is 16.2. The predicted molar refractivity (Wildman–Crippen MR) is 200 cm³/mol. The van der Waals surface area contributed by atoms with E-state index in [9.17, 15) is 0 Å². The Bertz CT molecular complexity index is 2590. The van der Waals surface area contributed by atoms with E-state index in [1.807, 2.05) is 12.1 Å². The first kappa shape index (κ1) is 27.8. The number of hydrogen-bond donors (Lipinski definition) is 0. The number of benzene rings is 8. The van der Waals surface area contributed by atoms with Crippen LogP contribution >= 0.6 is 0 Å². The van der Waals surface area contributed by atoms with Crippen molar-refractivity contribution in [2.75, 3.05) is 0 Å². The van der Waals surface area contributed by atoms with E-state index in [1.165, 1.54) is 37.9 Å². The SMILES string of the molecule is c1ccc(-c2cccc(-c3ncnc(-c4ccccc4-c4cccc(-c5ccc6c7ccccc7c7ccccc7c6c5)c4)n3)c2)cc1. The lowest BCUT2D eigenvalue weighted by atomic mass is 9.91. The molecule has 9 aromatic rings. The molecule has 0 spiro atoms. The van der Waals surface area contributed by atoms with Crippen molar-refractivity contribution in [3.8, 4) is 56.2 Å². The molecule has 0 aliphatic rings. The van der Waals surface area contributed by atoms with Crippen molar-refractivity contribution in [2.45, 2.75) is 0 Å². The minimum absolute atomic E-state index is 0.648. The molecule has 0 fully saturated rings. The Labute approximate surface area is 278 Å². The highest BCUT2D eigenvalue weighted by molar-refractivity contribution is 6.25. The van der Waals surface area contributed by atoms with Crippen LogP contribution in [0.15, 0.2) is 176 Å². The monoisotopic (exact) mass is 611 g/mol. The number of fused-ring (bicyclic) bond motifs is 6. The van der Waals surface area contributed by atoms with Crippen LogP contribution < -0.4 is 0 Å². The molecule has 3 nitrogen and oxygen atoms in total. The molecule has 0 bridgehead atoms. The normalized spacial score (nSPS) is 11.3. The maximum atomic E-state index is 4.98. The van der Waals surface area contributed by atoms with Crippen LogP contribution in [0.1, 0.15) is 0 Å². The van der Waals surface area contributed by atoms with E-state index in [2.05, 4.69) is 168 Å². The van der Waals surface area contributed by atoms with E-state index in [4.69, 9.17) is 4.98 Å². The molecule has 8 aromatic carbocycles. The minimum Gasteiger partial charge on any atom is -0.217 e. The van der Waals surface area contributed by atoms with Gasteiger partial charge in [-0.3, -0.25) is 0 Å². The average molecular weight is 612 g/mol. The third-order valence-corrected chi connectivity index (χ3v) is 9.22. The molecule has 0 atom stereocenters. The molecule has 224 valence electrons. The van der Waals surface area contributed by atoms with Gasteiger partial charge in [-0.15, -0.1) is 0 Å². The van der Waals surface area contributed by atoms with Gasteiger partial charge in [0.25, 0.3) is 0 Å². The molecule has 0 saturated carbocycles. The second-order valence-electron chi connectivity index (χ2n) is 12.1. The second kappa shape index (κ2) is 11.7. The van der Waals surface area contributed by atoms with Gasteiger partial charge in [0.2, 0.25) is 0 Å². The summed E-state index contributed by atoms with van der Waals surface area (Å²) in [6.07, 6.45) is 1.61. The Morgan fingerprint density at radius 2 is 0.750 bits per heavy atom. The summed E-state index contributed by atoms with van der Waals surface area (Å²) in [4.78, 5) is 14.2. The van der Waals surface area contributed by atoms with Crippen LogP contribution in [0.25, 0.3) is 88.5 Å². The molecule has 0 aliphatic carbocycles. The van der Waals surface area contributed by atoms with Gasteiger partial charge in [-0.05, 0) is 83.9 Å². The highest BCUT2D eigenvalue weighted by Crippen LogP contribution is 2.38. The van der Waals surface area contributed by atoms with E-state index >= 15 is 0 Å². The molecule has 0 radical (unpaired) electrons. The average Bonchev–Trinajstić information content (AvgIpc) is 3.18. The molecular weight excluding hydrogens is 583 g/mol. The fourth-order valence-corrected chi connectivity index (χ4v) is 6.92. The molecule has 1 heterocycles. The zero-order valence-electron chi connectivity index (χ0n) is 26.1. The summed E-state index contributed by atoms with van der Waals surface area (Å²) in [7, 11) is 0. The molecule has 0 saturated heterocycles. The standard InChI is InChI=1S/C45H29N3/c1-2-12-30(13-3-1)31-14-11-17-35(27-31)44-46-29-47-45(48-44)42-23-9-4-18-36(42)34-16-10-15-32(26-34)33-24-25-41-39-21-6-5-19-37(39)38-20-7-8-22-40(38)43(41)28-33/h1-29H. The van der Waals surface area contributed by atoms with Gasteiger partial charge in [-0.25, -0.2) is 15.0 Å². The number of aromatic nitrogens is 3. The number of nitrogens with zero attached hydrogens (tertiary/aromatic N) is 3. The maximum Gasteiger partial charge on any atom is 0.163 e. The molecule has 0 amide bonds. The van der Waals surface area contributed by atoms with Crippen LogP contribution in [0.3, 0.4) is 0 Å². The zero-order chi connectivity index (χ0) is 31.9. The van der Waals surface area contributed by atoms with Gasteiger partial charge < -0.3 is 0 Å². The van der Waals surface area contributed by atoms with Crippen molar-refractivity contribution in [3.63, 3.8) is 0 Å². The fraction of sp³-hybridized carbons (Fsp3) is 0. The van der Waals surface area contributed by atoms with Gasteiger partial charge in [0.1, 0.15) is 6.33 Å². The maximum absolute atomic E-state index is 4.98. The molecule has 3 heteroatoms. The van der Waals surface area contributed by atoms with Crippen molar-refractivity contribution >= 4 is 32.3 Å². The summed E-state index contributed by atoms with van der Waals surface area (Å²) in [6, 6.07) is 60.2. The largest absolute Gasteiger partial charge is 0.217 e. The molecular formula is C45H29N3. The van der Waals surface area contributed by atoms with Crippen LogP contribution in [-0.4, -0.2) is 15.0 Å². The first-order valence-electron chi connectivity index (χ1n) is 16.2. The third-order valence-electron chi connectivity index (χ3n) is 9.22. The van der Waals surface area contributed by atoms with Crippen LogP contribution in [0, 0.1) is 0 Å². The summed E-state index contributed by atoms with van der Waals surface area (Å²) in [5, 5.41) is 7.66. The van der Waals surface area contributed by atoms with Crippen molar-refractivity contribution < 1.29 is 0 Å². The van der Waals surface area contributed by atoms with E-state index in [-0.39, 0.29) is 0 Å². The van der Waals surface area contributed by atoms with Gasteiger partial charge in [-0.2, -0.15) is 0 Å². The summed E-state index contributed by atoms with van der Waals surface area (Å²) in [5.41, 5.74) is 8.74. The van der Waals surface area contributed by atoms with E-state index < -0.39 is 0 Å². The lowest BCUT2D eigenvalue weighted by Crippen LogP contribution is -1.97. The summed E-state index contributed by atoms with van der Waals surface area (Å²) >= 11 is 0. The van der Waals surface area contributed by atoms with Crippen LogP contribution in [0.5, 0.6) is 0 Å². The van der Waals surface area contributed by atoms with E-state index in [0.717, 1.165) is 38.9 Å². The Balaban J connectivity index is 1.12. The fourth-order valence-electron chi connectivity index (χ4n) is 6.92. The highest BCUT2D eigenvalue weighted by atomic mass is 15.0. The van der Waals surface area contributed by atoms with Gasteiger partial charge in [0, 0.05) is 11.1 Å². The van der Waals surface area contributed by atoms with Crippen molar-refractivity contribution in [1.82, 2.24) is 15.0 Å². The van der Waals surface area contributed by atoms with Crippen molar-refractivity contribution in [3.05, 3.63) is 176 Å². The molecule has 1 aromatic heterocycles. The Hall–Kier alpha value is -6.45. The van der Waals surface area contributed by atoms with Crippen molar-refractivity contribution in [1.29, 1.82) is 0 Å². The summed E-state index contributed by atoms with van der Waals surface area (Å²) < 4.78 is 0. The topological polar surface area (TPSA) is 38.7 Å². The quantitative estimate of drug-likeness (QED) is 0.182. The van der Waals surface area contributed by atoms with Crippen LogP contribution in [0.4, 0.5) is 0 Å². The Morgan fingerprint density at radius 3 is 1.48 bits per heavy atom.